The van der Waals surface area contributed by atoms with Crippen LogP contribution in [0.1, 0.15) is 39.0 Å². The standard InChI is InChI=1S/C15H27N3O6/c1-3-23-15(22)13-10(9-24-14(13)16-2)17-18-11(19)7-5-4-6-8-12(20)21/h10,12,16-17,20-21H,3-9H2,1-2H3,(H,18,19)/t10-/m1/s1. The van der Waals surface area contributed by atoms with Crippen LogP contribution in [0.5, 0.6) is 0 Å². The van der Waals surface area contributed by atoms with Crippen molar-refractivity contribution in [1.82, 2.24) is 16.2 Å². The number of hydrogen-bond donors (Lipinski definition) is 5. The molecule has 1 aliphatic rings. The van der Waals surface area contributed by atoms with Gasteiger partial charge in [-0.3, -0.25) is 10.2 Å². The summed E-state index contributed by atoms with van der Waals surface area (Å²) in [5.41, 5.74) is 5.67. The van der Waals surface area contributed by atoms with Gasteiger partial charge in [-0.15, -0.1) is 0 Å². The van der Waals surface area contributed by atoms with E-state index in [2.05, 4.69) is 16.2 Å². The third-order valence-electron chi connectivity index (χ3n) is 3.46. The Balaban J connectivity index is 2.36. The highest BCUT2D eigenvalue weighted by Crippen LogP contribution is 2.18. The molecule has 1 atom stereocenters. The number of carbonyl (C=O) groups is 2. The lowest BCUT2D eigenvalue weighted by atomic mass is 10.1. The van der Waals surface area contributed by atoms with E-state index in [1.165, 1.54) is 0 Å². The van der Waals surface area contributed by atoms with E-state index in [0.29, 0.717) is 37.1 Å². The van der Waals surface area contributed by atoms with Crippen molar-refractivity contribution < 1.29 is 29.3 Å². The topological polar surface area (TPSA) is 129 Å². The first kappa shape index (κ1) is 20.2. The van der Waals surface area contributed by atoms with Gasteiger partial charge in [-0.1, -0.05) is 6.42 Å². The molecule has 0 aromatic rings. The Labute approximate surface area is 141 Å². The molecule has 0 aliphatic carbocycles. The Morgan fingerprint density at radius 3 is 2.71 bits per heavy atom. The van der Waals surface area contributed by atoms with Crippen molar-refractivity contribution in [2.45, 2.75) is 51.4 Å². The predicted molar refractivity (Wildman–Crippen MR) is 85.0 cm³/mol. The number of hydrazine groups is 1. The highest BCUT2D eigenvalue weighted by molar-refractivity contribution is 5.91. The van der Waals surface area contributed by atoms with Crippen molar-refractivity contribution in [3.8, 4) is 0 Å². The Kier molecular flexibility index (Phi) is 9.13. The predicted octanol–water partition coefficient (Wildman–Crippen LogP) is -0.739. The van der Waals surface area contributed by atoms with Gasteiger partial charge in [-0.2, -0.15) is 0 Å². The van der Waals surface area contributed by atoms with Crippen LogP contribution in [-0.2, 0) is 19.1 Å². The lowest BCUT2D eigenvalue weighted by Crippen LogP contribution is -2.47. The third-order valence-corrected chi connectivity index (χ3v) is 3.46. The molecule has 0 saturated heterocycles. The number of esters is 1. The highest BCUT2D eigenvalue weighted by Gasteiger charge is 2.33. The fourth-order valence-corrected chi connectivity index (χ4v) is 2.27. The molecular formula is C15H27N3O6. The van der Waals surface area contributed by atoms with E-state index in [4.69, 9.17) is 19.7 Å². The van der Waals surface area contributed by atoms with Crippen LogP contribution in [0.2, 0.25) is 0 Å². The van der Waals surface area contributed by atoms with Crippen molar-refractivity contribution in [2.24, 2.45) is 0 Å². The van der Waals surface area contributed by atoms with E-state index in [1.54, 1.807) is 14.0 Å². The summed E-state index contributed by atoms with van der Waals surface area (Å²) in [6.45, 7) is 2.17. The van der Waals surface area contributed by atoms with Crippen molar-refractivity contribution >= 4 is 11.9 Å². The van der Waals surface area contributed by atoms with Gasteiger partial charge in [0, 0.05) is 13.5 Å². The number of carbonyl (C=O) groups excluding carboxylic acids is 2. The lowest BCUT2D eigenvalue weighted by Gasteiger charge is -2.14. The normalized spacial score (nSPS) is 17.0. The van der Waals surface area contributed by atoms with Crippen LogP contribution in [-0.4, -0.2) is 54.7 Å². The van der Waals surface area contributed by atoms with E-state index >= 15 is 0 Å². The van der Waals surface area contributed by atoms with Gasteiger partial charge in [0.15, 0.2) is 12.2 Å². The van der Waals surface area contributed by atoms with Gasteiger partial charge in [0.05, 0.1) is 12.6 Å². The van der Waals surface area contributed by atoms with Gasteiger partial charge in [0.1, 0.15) is 12.2 Å². The largest absolute Gasteiger partial charge is 0.477 e. The second-order valence-corrected chi connectivity index (χ2v) is 5.35. The van der Waals surface area contributed by atoms with E-state index in [0.717, 1.165) is 6.42 Å². The maximum atomic E-state index is 12.0. The molecule has 0 bridgehead atoms. The maximum Gasteiger partial charge on any atom is 0.341 e. The minimum atomic E-state index is -1.29. The molecule has 0 aromatic carbocycles. The van der Waals surface area contributed by atoms with Crippen LogP contribution < -0.4 is 16.2 Å². The number of unbranched alkanes of at least 4 members (excludes halogenated alkanes) is 2. The molecule has 0 aromatic heterocycles. The zero-order chi connectivity index (χ0) is 17.9. The van der Waals surface area contributed by atoms with Crippen molar-refractivity contribution in [1.29, 1.82) is 0 Å². The van der Waals surface area contributed by atoms with Crippen LogP contribution >= 0.6 is 0 Å². The minimum absolute atomic E-state index is 0.207. The fraction of sp³-hybridized carbons (Fsp3) is 0.733. The minimum Gasteiger partial charge on any atom is -0.477 e. The number of aliphatic hydroxyl groups is 2. The molecule has 9 nitrogen and oxygen atoms in total. The summed E-state index contributed by atoms with van der Waals surface area (Å²) in [5.74, 6) is -0.364. The molecular weight excluding hydrogens is 318 g/mol. The van der Waals surface area contributed by atoms with E-state index in [9.17, 15) is 9.59 Å². The molecule has 138 valence electrons. The second kappa shape index (κ2) is 10.8. The van der Waals surface area contributed by atoms with E-state index < -0.39 is 18.3 Å². The summed E-state index contributed by atoms with van der Waals surface area (Å²) in [6, 6.07) is -0.486. The van der Waals surface area contributed by atoms with Crippen molar-refractivity contribution in [3.05, 3.63) is 11.5 Å². The molecule has 0 saturated carbocycles. The van der Waals surface area contributed by atoms with Crippen molar-refractivity contribution in [2.75, 3.05) is 20.3 Å². The van der Waals surface area contributed by atoms with E-state index in [1.807, 2.05) is 0 Å². The Bertz CT molecular complexity index is 452. The molecule has 0 radical (unpaired) electrons. The summed E-state index contributed by atoms with van der Waals surface area (Å²) >= 11 is 0. The Morgan fingerprint density at radius 2 is 2.08 bits per heavy atom. The van der Waals surface area contributed by atoms with E-state index in [-0.39, 0.29) is 19.1 Å². The molecule has 0 unspecified atom stereocenters. The number of nitrogens with one attached hydrogen (secondary N) is 3. The maximum absolute atomic E-state index is 12.0. The van der Waals surface area contributed by atoms with Gasteiger partial charge >= 0.3 is 5.97 Å². The first-order valence-electron chi connectivity index (χ1n) is 8.11. The zero-order valence-electron chi connectivity index (χ0n) is 14.1. The van der Waals surface area contributed by atoms with Crippen LogP contribution in [0.25, 0.3) is 0 Å². The number of amides is 1. The Morgan fingerprint density at radius 1 is 1.33 bits per heavy atom. The SMILES string of the molecule is CCOC(=O)C1=C(NC)OC[C@H]1NNC(=O)CCCCCC(O)O. The van der Waals surface area contributed by atoms with Gasteiger partial charge in [-0.05, 0) is 26.2 Å². The van der Waals surface area contributed by atoms with Crippen LogP contribution in [0, 0.1) is 0 Å². The highest BCUT2D eigenvalue weighted by atomic mass is 16.5. The van der Waals surface area contributed by atoms with Gasteiger partial charge in [0.25, 0.3) is 0 Å². The molecule has 1 heterocycles. The number of ether oxygens (including phenoxy) is 2. The summed E-state index contributed by atoms with van der Waals surface area (Å²) in [4.78, 5) is 23.8. The smallest absolute Gasteiger partial charge is 0.341 e. The zero-order valence-corrected chi connectivity index (χ0v) is 14.1. The van der Waals surface area contributed by atoms with Crippen LogP contribution in [0.15, 0.2) is 11.5 Å². The molecule has 5 N–H and O–H groups in total. The summed E-state index contributed by atoms with van der Waals surface area (Å²) in [7, 11) is 1.64. The Hall–Kier alpha value is -1.84. The first-order chi connectivity index (χ1) is 11.5. The summed E-state index contributed by atoms with van der Waals surface area (Å²) in [6.07, 6.45) is 1.34. The van der Waals surface area contributed by atoms with Gasteiger partial charge < -0.3 is 25.0 Å². The number of hydrogen-bond acceptors (Lipinski definition) is 8. The lowest BCUT2D eigenvalue weighted by molar-refractivity contribution is -0.139. The number of rotatable bonds is 11. The molecule has 9 heteroatoms. The quantitative estimate of drug-likeness (QED) is 0.143. The average molecular weight is 345 g/mol. The van der Waals surface area contributed by atoms with Crippen LogP contribution in [0.4, 0.5) is 0 Å². The summed E-state index contributed by atoms with van der Waals surface area (Å²) < 4.78 is 10.4. The molecule has 1 amide bonds. The number of aliphatic hydroxyl groups excluding tert-OH is 1. The first-order valence-corrected chi connectivity index (χ1v) is 8.11. The molecule has 1 rings (SSSR count). The average Bonchev–Trinajstić information content (AvgIpc) is 2.95. The molecule has 0 fully saturated rings. The molecule has 24 heavy (non-hydrogen) atoms. The second-order valence-electron chi connectivity index (χ2n) is 5.35. The summed E-state index contributed by atoms with van der Waals surface area (Å²) in [5, 5.41) is 20.2. The monoisotopic (exact) mass is 345 g/mol. The molecule has 1 aliphatic heterocycles. The third kappa shape index (κ3) is 6.73. The van der Waals surface area contributed by atoms with Gasteiger partial charge in [-0.25, -0.2) is 10.2 Å². The molecule has 0 spiro atoms. The van der Waals surface area contributed by atoms with Crippen molar-refractivity contribution in [3.63, 3.8) is 0 Å². The van der Waals surface area contributed by atoms with Crippen LogP contribution in [0.3, 0.4) is 0 Å². The van der Waals surface area contributed by atoms with Gasteiger partial charge in [0.2, 0.25) is 5.91 Å². The fourth-order valence-electron chi connectivity index (χ4n) is 2.27.